The number of ketones is 1. The second-order valence-electron chi connectivity index (χ2n) is 5.32. The van der Waals surface area contributed by atoms with Gasteiger partial charge in [-0.1, -0.05) is 30.3 Å². The number of anilines is 2. The number of hydrogen-bond acceptors (Lipinski definition) is 3. The molecule has 1 amide bonds. The molecule has 4 nitrogen and oxygen atoms in total. The highest BCUT2D eigenvalue weighted by atomic mass is 16.2. The Hall–Kier alpha value is -2.88. The van der Waals surface area contributed by atoms with Crippen molar-refractivity contribution in [2.24, 2.45) is 0 Å². The van der Waals surface area contributed by atoms with Crippen molar-refractivity contribution in [2.45, 2.75) is 6.92 Å². The highest BCUT2D eigenvalue weighted by Gasteiger charge is 2.38. The third kappa shape index (κ3) is 1.58. The van der Waals surface area contributed by atoms with E-state index >= 15 is 0 Å². The predicted octanol–water partition coefficient (Wildman–Crippen LogP) is 3.07. The Kier molecular flexibility index (Phi) is 2.66. The van der Waals surface area contributed by atoms with Crippen LogP contribution in [0.3, 0.4) is 0 Å². The zero-order valence-corrected chi connectivity index (χ0v) is 12.1. The number of nitrogens with zero attached hydrogens (tertiary/aromatic N) is 1. The molecule has 0 atom stereocenters. The molecule has 2 aliphatic heterocycles. The largest absolute Gasteiger partial charge is 0.351 e. The molecule has 0 unspecified atom stereocenters. The molecule has 1 N–H and O–H groups in total. The van der Waals surface area contributed by atoms with Crippen LogP contribution in [0.25, 0.3) is 5.57 Å². The van der Waals surface area contributed by atoms with Gasteiger partial charge < -0.3 is 10.2 Å². The molecule has 2 aromatic rings. The minimum Gasteiger partial charge on any atom is -0.351 e. The number of rotatable bonds is 1. The lowest BCUT2D eigenvalue weighted by Gasteiger charge is -2.13. The van der Waals surface area contributed by atoms with Gasteiger partial charge in [0.2, 0.25) is 5.78 Å². The fourth-order valence-corrected chi connectivity index (χ4v) is 3.13. The van der Waals surface area contributed by atoms with E-state index in [9.17, 15) is 9.59 Å². The number of Topliss-reactive ketones (excluding diaryl/α,β-unsaturated/α-hetero) is 1. The molecule has 0 fully saturated rings. The van der Waals surface area contributed by atoms with E-state index in [-0.39, 0.29) is 11.7 Å². The highest BCUT2D eigenvalue weighted by Crippen LogP contribution is 2.41. The van der Waals surface area contributed by atoms with E-state index in [2.05, 4.69) is 5.32 Å². The first-order valence-electron chi connectivity index (χ1n) is 7.28. The average Bonchev–Trinajstić information content (AvgIpc) is 3.01. The lowest BCUT2D eigenvalue weighted by atomic mass is 10.0. The van der Waals surface area contributed by atoms with Gasteiger partial charge in [-0.05, 0) is 25.1 Å². The predicted molar refractivity (Wildman–Crippen MR) is 85.8 cm³/mol. The first kappa shape index (κ1) is 12.8. The van der Waals surface area contributed by atoms with Crippen LogP contribution in [0, 0.1) is 0 Å². The van der Waals surface area contributed by atoms with Crippen molar-refractivity contribution in [3.8, 4) is 0 Å². The first-order chi connectivity index (χ1) is 10.7. The van der Waals surface area contributed by atoms with E-state index in [1.807, 2.05) is 49.4 Å². The fourth-order valence-electron chi connectivity index (χ4n) is 3.13. The number of likely N-dealkylation sites (N-methyl/N-ethyl adjacent to an activating group) is 1. The van der Waals surface area contributed by atoms with Gasteiger partial charge in [0.1, 0.15) is 5.70 Å². The molecule has 0 radical (unpaired) electrons. The summed E-state index contributed by atoms with van der Waals surface area (Å²) in [5.74, 6) is -0.237. The molecule has 4 heteroatoms. The molecule has 4 rings (SSSR count). The van der Waals surface area contributed by atoms with Crippen LogP contribution >= 0.6 is 0 Å². The second kappa shape index (κ2) is 4.56. The molecule has 0 saturated heterocycles. The summed E-state index contributed by atoms with van der Waals surface area (Å²) in [6.07, 6.45) is 0. The van der Waals surface area contributed by atoms with E-state index in [0.29, 0.717) is 23.4 Å². The van der Waals surface area contributed by atoms with Crippen molar-refractivity contribution in [2.75, 3.05) is 16.8 Å². The molecule has 0 bridgehead atoms. The van der Waals surface area contributed by atoms with Crippen LogP contribution in [0.2, 0.25) is 0 Å². The number of nitrogens with one attached hydrogen (secondary N) is 1. The summed E-state index contributed by atoms with van der Waals surface area (Å²) in [6, 6.07) is 14.9. The molecular weight excluding hydrogens is 276 g/mol. The van der Waals surface area contributed by atoms with Gasteiger partial charge in [0.25, 0.3) is 5.91 Å². The zero-order valence-electron chi connectivity index (χ0n) is 12.1. The molecule has 0 aromatic heterocycles. The van der Waals surface area contributed by atoms with Crippen molar-refractivity contribution in [1.82, 2.24) is 0 Å². The molecule has 0 aliphatic carbocycles. The Morgan fingerprint density at radius 2 is 1.64 bits per heavy atom. The number of para-hydroxylation sites is 2. The van der Waals surface area contributed by atoms with Gasteiger partial charge in [0.15, 0.2) is 0 Å². The number of amides is 1. The topological polar surface area (TPSA) is 49.4 Å². The fraction of sp³-hybridized carbons (Fsp3) is 0.111. The molecule has 2 aromatic carbocycles. The minimum atomic E-state index is -0.119. The number of carbonyl (C=O) groups is 2. The quantitative estimate of drug-likeness (QED) is 0.821. The summed E-state index contributed by atoms with van der Waals surface area (Å²) < 4.78 is 0. The summed E-state index contributed by atoms with van der Waals surface area (Å²) in [5, 5.41) is 3.12. The molecule has 2 aliphatic rings. The van der Waals surface area contributed by atoms with E-state index < -0.39 is 0 Å². The standard InChI is InChI=1S/C18H14N2O2/c1-2-20-14-10-6-4-8-12(14)15(18(20)22)16-17(21)11-7-3-5-9-13(11)19-16/h3-10,19H,2H2,1H3/b16-15-. The molecule has 108 valence electrons. The van der Waals surface area contributed by atoms with Crippen LogP contribution < -0.4 is 10.2 Å². The average molecular weight is 290 g/mol. The Labute approximate surface area is 128 Å². The monoisotopic (exact) mass is 290 g/mol. The lowest BCUT2D eigenvalue weighted by Crippen LogP contribution is -2.26. The third-order valence-corrected chi connectivity index (χ3v) is 4.15. The normalized spacial score (nSPS) is 19.2. The van der Waals surface area contributed by atoms with Gasteiger partial charge in [-0.15, -0.1) is 0 Å². The van der Waals surface area contributed by atoms with Crippen molar-refractivity contribution in [3.63, 3.8) is 0 Å². The maximum atomic E-state index is 12.8. The molecule has 0 saturated carbocycles. The summed E-state index contributed by atoms with van der Waals surface area (Å²) in [4.78, 5) is 27.1. The minimum absolute atomic E-state index is 0.118. The molecular formula is C18H14N2O2. The number of hydrogen-bond donors (Lipinski definition) is 1. The summed E-state index contributed by atoms with van der Waals surface area (Å²) in [6.45, 7) is 2.51. The van der Waals surface area contributed by atoms with Gasteiger partial charge in [-0.25, -0.2) is 0 Å². The van der Waals surface area contributed by atoms with Gasteiger partial charge in [-0.3, -0.25) is 9.59 Å². The number of fused-ring (bicyclic) bond motifs is 2. The van der Waals surface area contributed by atoms with Gasteiger partial charge in [0, 0.05) is 23.4 Å². The van der Waals surface area contributed by atoms with E-state index in [4.69, 9.17) is 0 Å². The van der Waals surface area contributed by atoms with Crippen molar-refractivity contribution < 1.29 is 9.59 Å². The zero-order chi connectivity index (χ0) is 15.3. The Morgan fingerprint density at radius 3 is 2.36 bits per heavy atom. The van der Waals surface area contributed by atoms with Crippen LogP contribution in [0.15, 0.2) is 54.2 Å². The Bertz CT molecular complexity index is 852. The van der Waals surface area contributed by atoms with Crippen molar-refractivity contribution >= 4 is 28.6 Å². The van der Waals surface area contributed by atoms with E-state index in [1.165, 1.54) is 0 Å². The number of allylic oxidation sites excluding steroid dienone is 1. The summed E-state index contributed by atoms with van der Waals surface area (Å²) in [5.41, 5.74) is 3.91. The maximum absolute atomic E-state index is 12.8. The molecule has 22 heavy (non-hydrogen) atoms. The Morgan fingerprint density at radius 1 is 0.955 bits per heavy atom. The number of carbonyl (C=O) groups excluding carboxylic acids is 2. The summed E-state index contributed by atoms with van der Waals surface area (Å²) in [7, 11) is 0. The van der Waals surface area contributed by atoms with E-state index in [0.717, 1.165) is 16.9 Å². The van der Waals surface area contributed by atoms with Crippen LogP contribution in [0.1, 0.15) is 22.8 Å². The highest BCUT2D eigenvalue weighted by molar-refractivity contribution is 6.39. The van der Waals surface area contributed by atoms with Crippen molar-refractivity contribution in [3.05, 3.63) is 65.4 Å². The smallest absolute Gasteiger partial charge is 0.261 e. The number of benzene rings is 2. The Balaban J connectivity index is 1.94. The first-order valence-corrected chi connectivity index (χ1v) is 7.28. The second-order valence-corrected chi connectivity index (χ2v) is 5.32. The SMILES string of the molecule is CCN1C(=O)/C(=C2\Nc3ccccc3C2=O)c2ccccc21. The van der Waals surface area contributed by atoms with Gasteiger partial charge in [-0.2, -0.15) is 0 Å². The van der Waals surface area contributed by atoms with Gasteiger partial charge in [0.05, 0.1) is 11.3 Å². The maximum Gasteiger partial charge on any atom is 0.261 e. The van der Waals surface area contributed by atoms with Crippen LogP contribution in [0.4, 0.5) is 11.4 Å². The van der Waals surface area contributed by atoms with Gasteiger partial charge >= 0.3 is 0 Å². The molecule has 2 heterocycles. The molecule has 0 spiro atoms. The van der Waals surface area contributed by atoms with Crippen LogP contribution in [-0.4, -0.2) is 18.2 Å². The third-order valence-electron chi connectivity index (χ3n) is 4.15. The van der Waals surface area contributed by atoms with Crippen molar-refractivity contribution in [1.29, 1.82) is 0 Å². The lowest BCUT2D eigenvalue weighted by molar-refractivity contribution is -0.113. The van der Waals surface area contributed by atoms with Crippen LogP contribution in [-0.2, 0) is 4.79 Å². The van der Waals surface area contributed by atoms with Crippen LogP contribution in [0.5, 0.6) is 0 Å². The van der Waals surface area contributed by atoms with E-state index in [1.54, 1.807) is 11.0 Å². The summed E-state index contributed by atoms with van der Waals surface area (Å²) >= 11 is 0.